The van der Waals surface area contributed by atoms with Crippen LogP contribution in [-0.4, -0.2) is 16.9 Å². The first-order chi connectivity index (χ1) is 9.41. The topological polar surface area (TPSA) is 80.0 Å². The molecule has 1 heterocycles. The zero-order chi connectivity index (χ0) is 14.8. The van der Waals surface area contributed by atoms with Gasteiger partial charge >= 0.3 is 0 Å². The first-order valence-electron chi connectivity index (χ1n) is 7.16. The number of hydrazine groups is 1. The summed E-state index contributed by atoms with van der Waals surface area (Å²) in [6, 6.07) is 3.96. The van der Waals surface area contributed by atoms with E-state index < -0.39 is 0 Å². The van der Waals surface area contributed by atoms with Crippen LogP contribution in [0.1, 0.15) is 55.6 Å². The van der Waals surface area contributed by atoms with Crippen molar-refractivity contribution in [3.63, 3.8) is 0 Å². The number of pyridine rings is 1. The number of carbonyl (C=O) groups excluding carboxylic acids is 1. The van der Waals surface area contributed by atoms with E-state index in [0.717, 1.165) is 18.5 Å². The van der Waals surface area contributed by atoms with E-state index in [-0.39, 0.29) is 5.91 Å². The third-order valence-electron chi connectivity index (χ3n) is 4.09. The van der Waals surface area contributed by atoms with Gasteiger partial charge in [-0.2, -0.15) is 0 Å². The predicted molar refractivity (Wildman–Crippen MR) is 80.3 cm³/mol. The number of anilines is 1. The van der Waals surface area contributed by atoms with Crippen LogP contribution < -0.4 is 16.6 Å². The molecule has 5 heteroatoms. The van der Waals surface area contributed by atoms with Gasteiger partial charge in [0.1, 0.15) is 5.82 Å². The van der Waals surface area contributed by atoms with Gasteiger partial charge in [-0.1, -0.05) is 13.8 Å². The van der Waals surface area contributed by atoms with Gasteiger partial charge in [0.25, 0.3) is 5.91 Å². The van der Waals surface area contributed by atoms with Crippen molar-refractivity contribution in [2.75, 3.05) is 5.32 Å². The number of aromatic nitrogens is 1. The average molecular weight is 276 g/mol. The van der Waals surface area contributed by atoms with Crippen molar-refractivity contribution >= 4 is 11.7 Å². The van der Waals surface area contributed by atoms with Crippen LogP contribution in [0.5, 0.6) is 0 Å². The molecule has 0 saturated heterocycles. The maximum Gasteiger partial charge on any atom is 0.268 e. The van der Waals surface area contributed by atoms with Gasteiger partial charge in [-0.05, 0) is 50.2 Å². The number of nitrogen functional groups attached to an aromatic ring is 1. The molecule has 0 atom stereocenters. The van der Waals surface area contributed by atoms with Crippen LogP contribution in [0.25, 0.3) is 0 Å². The maximum atomic E-state index is 11.8. The summed E-state index contributed by atoms with van der Waals surface area (Å²) in [5.74, 6) is 5.55. The molecule has 0 unspecified atom stereocenters. The van der Waals surface area contributed by atoms with Crippen molar-refractivity contribution in [3.05, 3.63) is 23.4 Å². The summed E-state index contributed by atoms with van der Waals surface area (Å²) >= 11 is 0. The molecular formula is C15H24N4O. The fraction of sp³-hybridized carbons (Fsp3) is 0.600. The summed E-state index contributed by atoms with van der Waals surface area (Å²) in [5.41, 5.74) is 3.99. The van der Waals surface area contributed by atoms with Gasteiger partial charge in [0.05, 0.1) is 5.56 Å². The van der Waals surface area contributed by atoms with Crippen LogP contribution in [-0.2, 0) is 0 Å². The summed E-state index contributed by atoms with van der Waals surface area (Å²) in [4.78, 5) is 16.2. The van der Waals surface area contributed by atoms with Crippen LogP contribution in [0, 0.1) is 12.3 Å². The third-order valence-corrected chi connectivity index (χ3v) is 4.09. The Balaban J connectivity index is 2.12. The molecule has 4 N–H and O–H groups in total. The lowest BCUT2D eigenvalue weighted by molar-refractivity contribution is 0.0954. The van der Waals surface area contributed by atoms with Crippen molar-refractivity contribution in [2.24, 2.45) is 11.3 Å². The molecule has 20 heavy (non-hydrogen) atoms. The number of nitrogens with zero attached hydrogens (tertiary/aromatic N) is 1. The van der Waals surface area contributed by atoms with Gasteiger partial charge in [-0.15, -0.1) is 0 Å². The lowest BCUT2D eigenvalue weighted by Gasteiger charge is -2.35. The Morgan fingerprint density at radius 3 is 2.60 bits per heavy atom. The van der Waals surface area contributed by atoms with Crippen LogP contribution in [0.15, 0.2) is 12.1 Å². The minimum absolute atomic E-state index is 0.309. The second-order valence-corrected chi connectivity index (χ2v) is 6.41. The molecule has 110 valence electrons. The monoisotopic (exact) mass is 276 g/mol. The lowest BCUT2D eigenvalue weighted by atomic mass is 9.75. The van der Waals surface area contributed by atoms with Crippen LogP contribution in [0.3, 0.4) is 0 Å². The number of nitrogens with one attached hydrogen (secondary N) is 2. The summed E-state index contributed by atoms with van der Waals surface area (Å²) in [7, 11) is 0. The number of rotatable bonds is 3. The van der Waals surface area contributed by atoms with Gasteiger partial charge in [0.2, 0.25) is 0 Å². The number of hydrogen-bond donors (Lipinski definition) is 3. The molecule has 1 amide bonds. The van der Waals surface area contributed by atoms with Gasteiger partial charge in [0, 0.05) is 11.7 Å². The van der Waals surface area contributed by atoms with E-state index >= 15 is 0 Å². The van der Waals surface area contributed by atoms with E-state index in [9.17, 15) is 4.79 Å². The summed E-state index contributed by atoms with van der Waals surface area (Å²) in [6.45, 7) is 6.53. The molecule has 1 aliphatic rings. The van der Waals surface area contributed by atoms with Crippen molar-refractivity contribution < 1.29 is 4.79 Å². The molecule has 0 aliphatic heterocycles. The molecule has 1 fully saturated rings. The SMILES string of the molecule is Cc1ccc(C(=O)NN)c(NC2CCC(C)(C)CC2)n1. The Labute approximate surface area is 120 Å². The highest BCUT2D eigenvalue weighted by atomic mass is 16.2. The van der Waals surface area contributed by atoms with Crippen molar-refractivity contribution in [2.45, 2.75) is 52.5 Å². The second kappa shape index (κ2) is 5.79. The molecule has 1 saturated carbocycles. The molecule has 1 aliphatic carbocycles. The van der Waals surface area contributed by atoms with E-state index in [1.807, 2.05) is 13.0 Å². The summed E-state index contributed by atoms with van der Waals surface area (Å²) in [6.07, 6.45) is 4.59. The predicted octanol–water partition coefficient (Wildman–Crippen LogP) is 2.37. The van der Waals surface area contributed by atoms with Crippen LogP contribution >= 0.6 is 0 Å². The fourth-order valence-corrected chi connectivity index (χ4v) is 2.66. The number of nitrogens with two attached hydrogens (primary N) is 1. The Hall–Kier alpha value is -1.62. The molecule has 1 aromatic rings. The zero-order valence-electron chi connectivity index (χ0n) is 12.5. The Kier molecular flexibility index (Phi) is 4.28. The van der Waals surface area contributed by atoms with Gasteiger partial charge in [-0.25, -0.2) is 10.8 Å². The lowest BCUT2D eigenvalue weighted by Crippen LogP contribution is -2.33. The van der Waals surface area contributed by atoms with Gasteiger partial charge in [-0.3, -0.25) is 10.2 Å². The smallest absolute Gasteiger partial charge is 0.268 e. The van der Waals surface area contributed by atoms with Crippen molar-refractivity contribution in [1.82, 2.24) is 10.4 Å². The second-order valence-electron chi connectivity index (χ2n) is 6.41. The van der Waals surface area contributed by atoms with Gasteiger partial charge in [0.15, 0.2) is 0 Å². The molecule has 5 nitrogen and oxygen atoms in total. The highest BCUT2D eigenvalue weighted by Crippen LogP contribution is 2.36. The van der Waals surface area contributed by atoms with Gasteiger partial charge < -0.3 is 5.32 Å². The minimum Gasteiger partial charge on any atom is -0.367 e. The Bertz CT molecular complexity index is 489. The molecule has 0 aromatic carbocycles. The summed E-state index contributed by atoms with van der Waals surface area (Å²) < 4.78 is 0. The normalized spacial score (nSPS) is 18.6. The highest BCUT2D eigenvalue weighted by molar-refractivity contribution is 5.98. The van der Waals surface area contributed by atoms with E-state index in [2.05, 4.69) is 29.6 Å². The van der Waals surface area contributed by atoms with Crippen LogP contribution in [0.4, 0.5) is 5.82 Å². The van der Waals surface area contributed by atoms with E-state index in [1.165, 1.54) is 12.8 Å². The molecule has 0 spiro atoms. The van der Waals surface area contributed by atoms with Crippen LogP contribution in [0.2, 0.25) is 0 Å². The van der Waals surface area contributed by atoms with E-state index in [1.54, 1.807) is 6.07 Å². The minimum atomic E-state index is -0.309. The molecule has 2 rings (SSSR count). The molecule has 0 bridgehead atoms. The first-order valence-corrected chi connectivity index (χ1v) is 7.16. The number of carbonyl (C=O) groups is 1. The number of amides is 1. The zero-order valence-corrected chi connectivity index (χ0v) is 12.5. The Morgan fingerprint density at radius 2 is 2.00 bits per heavy atom. The maximum absolute atomic E-state index is 11.8. The number of aryl methyl sites for hydroxylation is 1. The van der Waals surface area contributed by atoms with Crippen molar-refractivity contribution in [1.29, 1.82) is 0 Å². The standard InChI is InChI=1S/C15H24N4O/c1-10-4-5-12(14(20)19-16)13(17-10)18-11-6-8-15(2,3)9-7-11/h4-5,11H,6-9,16H2,1-3H3,(H,17,18)(H,19,20). The van der Waals surface area contributed by atoms with Crippen molar-refractivity contribution in [3.8, 4) is 0 Å². The molecule has 0 radical (unpaired) electrons. The largest absolute Gasteiger partial charge is 0.367 e. The fourth-order valence-electron chi connectivity index (χ4n) is 2.66. The van der Waals surface area contributed by atoms with E-state index in [0.29, 0.717) is 22.8 Å². The quantitative estimate of drug-likeness (QED) is 0.450. The Morgan fingerprint density at radius 1 is 1.35 bits per heavy atom. The highest BCUT2D eigenvalue weighted by Gasteiger charge is 2.27. The molecular weight excluding hydrogens is 252 g/mol. The first kappa shape index (κ1) is 14.8. The average Bonchev–Trinajstić information content (AvgIpc) is 2.40. The molecule has 1 aromatic heterocycles. The summed E-state index contributed by atoms with van der Waals surface area (Å²) in [5, 5.41) is 3.42. The third kappa shape index (κ3) is 3.48. The number of hydrogen-bond acceptors (Lipinski definition) is 4. The van der Waals surface area contributed by atoms with E-state index in [4.69, 9.17) is 5.84 Å².